The Balaban J connectivity index is 1.59. The van der Waals surface area contributed by atoms with Crippen LogP contribution >= 0.6 is 11.8 Å². The Morgan fingerprint density at radius 3 is 2.35 bits per heavy atom. The summed E-state index contributed by atoms with van der Waals surface area (Å²) in [5, 5.41) is 9.27. The largest absolute Gasteiger partial charge is 0.478 e. The average Bonchev–Trinajstić information content (AvgIpc) is 2.68. The van der Waals surface area contributed by atoms with Gasteiger partial charge in [-0.3, -0.25) is 4.79 Å². The van der Waals surface area contributed by atoms with Gasteiger partial charge >= 0.3 is 5.97 Å². The zero-order chi connectivity index (χ0) is 18.4. The number of rotatable bonds is 7. The summed E-state index contributed by atoms with van der Waals surface area (Å²) in [5.41, 5.74) is 1.04. The van der Waals surface area contributed by atoms with Crippen LogP contribution in [0.4, 0.5) is 0 Å². The molecule has 2 aromatic rings. The topological polar surface area (TPSA) is 54.4 Å². The molecule has 1 saturated carbocycles. The maximum absolute atomic E-state index is 12.4. The minimum atomic E-state index is -0.928. The molecule has 2 aromatic carbocycles. The molecule has 1 N–H and O–H groups in total. The zero-order valence-corrected chi connectivity index (χ0v) is 15.6. The molecule has 0 amide bonds. The van der Waals surface area contributed by atoms with E-state index in [1.807, 2.05) is 30.3 Å². The van der Waals surface area contributed by atoms with E-state index in [9.17, 15) is 14.7 Å². The number of aromatic carboxylic acids is 1. The van der Waals surface area contributed by atoms with Crippen LogP contribution in [0.3, 0.4) is 0 Å². The first-order valence-electron chi connectivity index (χ1n) is 9.27. The standard InChI is InChI=1S/C22H24O3S/c23-20(15-10-16-6-2-1-3-7-16)17-11-13-18(14-12-17)26-21-9-5-4-8-19(21)22(24)25/h4-5,8-9,11-14,16H,1-3,6-7,10,15H2,(H,24,25). The molecule has 1 aliphatic carbocycles. The molecule has 136 valence electrons. The van der Waals surface area contributed by atoms with Crippen LogP contribution in [0.1, 0.15) is 65.7 Å². The van der Waals surface area contributed by atoms with E-state index in [1.165, 1.54) is 43.9 Å². The highest BCUT2D eigenvalue weighted by atomic mass is 32.2. The van der Waals surface area contributed by atoms with Crippen molar-refractivity contribution >= 4 is 23.5 Å². The van der Waals surface area contributed by atoms with Crippen LogP contribution in [0.25, 0.3) is 0 Å². The Hall–Kier alpha value is -2.07. The SMILES string of the molecule is O=C(CCC1CCCCC1)c1ccc(Sc2ccccc2C(=O)O)cc1. The molecule has 0 atom stereocenters. The number of benzene rings is 2. The van der Waals surface area contributed by atoms with Gasteiger partial charge in [0, 0.05) is 21.8 Å². The van der Waals surface area contributed by atoms with Gasteiger partial charge in [-0.25, -0.2) is 4.79 Å². The fourth-order valence-electron chi connectivity index (χ4n) is 3.52. The third-order valence-corrected chi connectivity index (χ3v) is 6.11. The second-order valence-electron chi connectivity index (χ2n) is 6.89. The van der Waals surface area contributed by atoms with E-state index in [0.717, 1.165) is 22.8 Å². The van der Waals surface area contributed by atoms with Crippen molar-refractivity contribution in [2.24, 2.45) is 5.92 Å². The summed E-state index contributed by atoms with van der Waals surface area (Å²) in [6.07, 6.45) is 8.12. The fraction of sp³-hybridized carbons (Fsp3) is 0.364. The predicted octanol–water partition coefficient (Wildman–Crippen LogP) is 6.08. The van der Waals surface area contributed by atoms with Crippen LogP contribution in [-0.2, 0) is 0 Å². The highest BCUT2D eigenvalue weighted by Gasteiger charge is 2.16. The number of hydrogen-bond acceptors (Lipinski definition) is 3. The molecule has 0 heterocycles. The lowest BCUT2D eigenvalue weighted by molar-refractivity contribution is 0.0693. The Labute approximate surface area is 158 Å². The van der Waals surface area contributed by atoms with Gasteiger partial charge in [-0.1, -0.05) is 68.1 Å². The molecule has 0 saturated heterocycles. The number of carboxylic acids is 1. The molecule has 0 bridgehead atoms. The summed E-state index contributed by atoms with van der Waals surface area (Å²) in [7, 11) is 0. The molecular weight excluding hydrogens is 344 g/mol. The summed E-state index contributed by atoms with van der Waals surface area (Å²) in [4.78, 5) is 25.4. The van der Waals surface area contributed by atoms with Gasteiger partial charge in [-0.15, -0.1) is 0 Å². The van der Waals surface area contributed by atoms with Crippen molar-refractivity contribution in [2.45, 2.75) is 54.7 Å². The van der Waals surface area contributed by atoms with Gasteiger partial charge in [-0.05, 0) is 36.6 Å². The first kappa shape index (κ1) is 18.7. The molecule has 1 aliphatic rings. The lowest BCUT2D eigenvalue weighted by atomic mass is 9.85. The van der Waals surface area contributed by atoms with Gasteiger partial charge in [0.15, 0.2) is 5.78 Å². The van der Waals surface area contributed by atoms with Crippen molar-refractivity contribution in [3.8, 4) is 0 Å². The van der Waals surface area contributed by atoms with Crippen molar-refractivity contribution in [3.63, 3.8) is 0 Å². The van der Waals surface area contributed by atoms with Gasteiger partial charge in [-0.2, -0.15) is 0 Å². The molecule has 0 unspecified atom stereocenters. The second kappa shape index (κ2) is 9.04. The number of carboxylic acid groups (broad SMARTS) is 1. The van der Waals surface area contributed by atoms with Gasteiger partial charge < -0.3 is 5.11 Å². The number of hydrogen-bond donors (Lipinski definition) is 1. The van der Waals surface area contributed by atoms with E-state index in [2.05, 4.69) is 0 Å². The Morgan fingerprint density at radius 1 is 0.962 bits per heavy atom. The third kappa shape index (κ3) is 4.98. The molecule has 0 aliphatic heterocycles. The zero-order valence-electron chi connectivity index (χ0n) is 14.8. The molecule has 0 radical (unpaired) electrons. The molecule has 3 rings (SSSR count). The number of ketones is 1. The smallest absolute Gasteiger partial charge is 0.336 e. The predicted molar refractivity (Wildman–Crippen MR) is 104 cm³/mol. The summed E-state index contributed by atoms with van der Waals surface area (Å²) in [6.45, 7) is 0. The Kier molecular flexibility index (Phi) is 6.51. The van der Waals surface area contributed by atoms with Gasteiger partial charge in [0.2, 0.25) is 0 Å². The van der Waals surface area contributed by atoms with E-state index in [-0.39, 0.29) is 5.78 Å². The summed E-state index contributed by atoms with van der Waals surface area (Å²) < 4.78 is 0. The monoisotopic (exact) mass is 368 g/mol. The summed E-state index contributed by atoms with van der Waals surface area (Å²) in [6, 6.07) is 14.5. The molecule has 1 fully saturated rings. The van der Waals surface area contributed by atoms with Crippen molar-refractivity contribution < 1.29 is 14.7 Å². The van der Waals surface area contributed by atoms with Gasteiger partial charge in [0.25, 0.3) is 0 Å². The van der Waals surface area contributed by atoms with E-state index in [4.69, 9.17) is 0 Å². The third-order valence-electron chi connectivity index (χ3n) is 5.03. The minimum absolute atomic E-state index is 0.207. The number of Topliss-reactive ketones (excluding diaryl/α,β-unsaturated/α-hetero) is 1. The molecular formula is C22H24O3S. The molecule has 26 heavy (non-hydrogen) atoms. The minimum Gasteiger partial charge on any atom is -0.478 e. The van der Waals surface area contributed by atoms with Gasteiger partial charge in [0.1, 0.15) is 0 Å². The molecule has 0 spiro atoms. The van der Waals surface area contributed by atoms with E-state index >= 15 is 0 Å². The lowest BCUT2D eigenvalue weighted by Crippen LogP contribution is -2.09. The highest BCUT2D eigenvalue weighted by Crippen LogP contribution is 2.31. The van der Waals surface area contributed by atoms with Crippen LogP contribution in [0.5, 0.6) is 0 Å². The first-order chi connectivity index (χ1) is 12.6. The Bertz CT molecular complexity index is 761. The van der Waals surface area contributed by atoms with Crippen LogP contribution in [-0.4, -0.2) is 16.9 Å². The van der Waals surface area contributed by atoms with Crippen LogP contribution in [0.2, 0.25) is 0 Å². The van der Waals surface area contributed by atoms with Crippen molar-refractivity contribution in [2.75, 3.05) is 0 Å². The van der Waals surface area contributed by atoms with Crippen LogP contribution in [0.15, 0.2) is 58.3 Å². The number of carbonyl (C=O) groups excluding carboxylic acids is 1. The molecule has 3 nitrogen and oxygen atoms in total. The van der Waals surface area contributed by atoms with Gasteiger partial charge in [0.05, 0.1) is 5.56 Å². The van der Waals surface area contributed by atoms with Crippen molar-refractivity contribution in [3.05, 3.63) is 59.7 Å². The van der Waals surface area contributed by atoms with Crippen molar-refractivity contribution in [1.29, 1.82) is 0 Å². The maximum Gasteiger partial charge on any atom is 0.336 e. The lowest BCUT2D eigenvalue weighted by Gasteiger charge is -2.20. The average molecular weight is 368 g/mol. The van der Waals surface area contributed by atoms with E-state index in [1.54, 1.807) is 18.2 Å². The molecule has 4 heteroatoms. The quantitative estimate of drug-likeness (QED) is 0.602. The number of carbonyl (C=O) groups is 2. The Morgan fingerprint density at radius 2 is 1.65 bits per heavy atom. The van der Waals surface area contributed by atoms with E-state index in [0.29, 0.717) is 16.9 Å². The summed E-state index contributed by atoms with van der Waals surface area (Å²) >= 11 is 1.41. The second-order valence-corrected chi connectivity index (χ2v) is 8.01. The normalized spacial score (nSPS) is 14.9. The molecule has 0 aromatic heterocycles. The highest BCUT2D eigenvalue weighted by molar-refractivity contribution is 7.99. The fourth-order valence-corrected chi connectivity index (χ4v) is 4.46. The maximum atomic E-state index is 12.4. The van der Waals surface area contributed by atoms with Crippen LogP contribution in [0, 0.1) is 5.92 Å². The van der Waals surface area contributed by atoms with Crippen LogP contribution < -0.4 is 0 Å². The first-order valence-corrected chi connectivity index (χ1v) is 10.1. The summed E-state index contributed by atoms with van der Waals surface area (Å²) in [5.74, 6) is -0.00396. The van der Waals surface area contributed by atoms with Crippen molar-refractivity contribution in [1.82, 2.24) is 0 Å². The van der Waals surface area contributed by atoms with E-state index < -0.39 is 5.97 Å².